The molecule has 1 aromatic heterocycles. The lowest BCUT2D eigenvalue weighted by atomic mass is 10.4. The number of nitriles is 1. The van der Waals surface area contributed by atoms with Gasteiger partial charge in [-0.3, -0.25) is 4.90 Å². The number of nitrogens with zero attached hydrogens (tertiary/aromatic N) is 4. The molecule has 0 aromatic carbocycles. The highest BCUT2D eigenvalue weighted by Gasteiger charge is 2.07. The molecule has 1 rings (SSSR count). The monoisotopic (exact) mass is 216 g/mol. The summed E-state index contributed by atoms with van der Waals surface area (Å²) in [4.78, 5) is 1.99. The number of rotatable bonds is 4. The maximum Gasteiger partial charge on any atom is 0.138 e. The Kier molecular flexibility index (Phi) is 4.09. The first-order valence-electron chi connectivity index (χ1n) is 3.76. The van der Waals surface area contributed by atoms with Crippen LogP contribution in [-0.4, -0.2) is 28.1 Å². The highest BCUT2D eigenvalue weighted by Crippen LogP contribution is 2.18. The van der Waals surface area contributed by atoms with E-state index in [-0.39, 0.29) is 0 Å². The van der Waals surface area contributed by atoms with Crippen molar-refractivity contribution in [3.05, 3.63) is 10.0 Å². The van der Waals surface area contributed by atoms with E-state index >= 15 is 0 Å². The largest absolute Gasteiger partial charge is 0.299 e. The molecule has 0 unspecified atom stereocenters. The predicted octanol–water partition coefficient (Wildman–Crippen LogP) is 1.54. The molecule has 13 heavy (non-hydrogen) atoms. The summed E-state index contributed by atoms with van der Waals surface area (Å²) < 4.78 is 4.35. The molecule has 0 saturated heterocycles. The molecule has 70 valence electrons. The van der Waals surface area contributed by atoms with Crippen LogP contribution in [0, 0.1) is 11.3 Å². The summed E-state index contributed by atoms with van der Waals surface area (Å²) in [5.41, 5.74) is 0.784. The maximum absolute atomic E-state index is 8.37. The third-order valence-electron chi connectivity index (χ3n) is 1.53. The van der Waals surface area contributed by atoms with Gasteiger partial charge in [0.15, 0.2) is 0 Å². The molecule has 0 amide bonds. The van der Waals surface area contributed by atoms with Gasteiger partial charge in [0.05, 0.1) is 6.07 Å². The summed E-state index contributed by atoms with van der Waals surface area (Å²) in [7, 11) is 1.92. The molecule has 0 N–H and O–H groups in total. The third-order valence-corrected chi connectivity index (χ3v) is 2.52. The summed E-state index contributed by atoms with van der Waals surface area (Å²) in [5.74, 6) is 0. The fourth-order valence-electron chi connectivity index (χ4n) is 0.867. The van der Waals surface area contributed by atoms with Gasteiger partial charge in [0, 0.05) is 31.0 Å². The molecule has 0 aliphatic rings. The fourth-order valence-corrected chi connectivity index (χ4v) is 1.48. The van der Waals surface area contributed by atoms with Gasteiger partial charge >= 0.3 is 0 Å². The van der Waals surface area contributed by atoms with E-state index in [4.69, 9.17) is 16.9 Å². The summed E-state index contributed by atoms with van der Waals surface area (Å²) in [6.45, 7) is 1.38. The van der Waals surface area contributed by atoms with E-state index in [1.807, 2.05) is 11.9 Å². The Hall–Kier alpha value is -0.700. The minimum absolute atomic E-state index is 0.520. The van der Waals surface area contributed by atoms with Gasteiger partial charge in [-0.05, 0) is 7.05 Å². The van der Waals surface area contributed by atoms with Crippen LogP contribution in [0.3, 0.4) is 0 Å². The number of hydrogen-bond donors (Lipinski definition) is 0. The van der Waals surface area contributed by atoms with E-state index in [1.54, 1.807) is 0 Å². The van der Waals surface area contributed by atoms with Gasteiger partial charge in [0.2, 0.25) is 0 Å². The van der Waals surface area contributed by atoms with Crippen molar-refractivity contribution in [3.8, 4) is 6.07 Å². The molecule has 0 spiro atoms. The van der Waals surface area contributed by atoms with Crippen LogP contribution in [-0.2, 0) is 6.54 Å². The molecule has 0 bridgehead atoms. The zero-order chi connectivity index (χ0) is 9.68. The first-order chi connectivity index (χ1) is 6.24. The predicted molar refractivity (Wildman–Crippen MR) is 51.5 cm³/mol. The van der Waals surface area contributed by atoms with Gasteiger partial charge in [-0.2, -0.15) is 5.26 Å². The van der Waals surface area contributed by atoms with Crippen LogP contribution in [0.15, 0.2) is 0 Å². The van der Waals surface area contributed by atoms with Gasteiger partial charge in [-0.1, -0.05) is 16.1 Å². The Morgan fingerprint density at radius 3 is 3.00 bits per heavy atom. The van der Waals surface area contributed by atoms with Crippen molar-refractivity contribution >= 4 is 23.1 Å². The van der Waals surface area contributed by atoms with Crippen molar-refractivity contribution in [2.45, 2.75) is 13.0 Å². The molecule has 1 aromatic rings. The van der Waals surface area contributed by atoms with Crippen molar-refractivity contribution in [1.82, 2.24) is 14.5 Å². The smallest absolute Gasteiger partial charge is 0.138 e. The molecule has 0 radical (unpaired) electrons. The van der Waals surface area contributed by atoms with Gasteiger partial charge in [-0.25, -0.2) is 0 Å². The third kappa shape index (κ3) is 3.27. The van der Waals surface area contributed by atoms with Crippen molar-refractivity contribution in [2.24, 2.45) is 0 Å². The van der Waals surface area contributed by atoms with E-state index in [9.17, 15) is 0 Å². The Labute approximate surface area is 85.9 Å². The second kappa shape index (κ2) is 5.12. The SMILES string of the molecule is CN(CCC#N)Cc1nnsc1Cl. The van der Waals surface area contributed by atoms with Crippen molar-refractivity contribution in [1.29, 1.82) is 5.26 Å². The van der Waals surface area contributed by atoms with E-state index in [0.29, 0.717) is 17.3 Å². The number of hydrogen-bond acceptors (Lipinski definition) is 5. The molecule has 0 saturated carbocycles. The first kappa shape index (κ1) is 10.4. The van der Waals surface area contributed by atoms with Crippen LogP contribution in [0.25, 0.3) is 0 Å². The summed E-state index contributed by atoms with van der Waals surface area (Å²) in [6.07, 6.45) is 0.520. The van der Waals surface area contributed by atoms with Crippen molar-refractivity contribution in [2.75, 3.05) is 13.6 Å². The molecule has 0 atom stereocenters. The van der Waals surface area contributed by atoms with E-state index in [2.05, 4.69) is 15.7 Å². The van der Waals surface area contributed by atoms with E-state index in [1.165, 1.54) is 11.5 Å². The Morgan fingerprint density at radius 2 is 2.46 bits per heavy atom. The summed E-state index contributed by atoms with van der Waals surface area (Å²) >= 11 is 7.00. The van der Waals surface area contributed by atoms with Gasteiger partial charge in [-0.15, -0.1) is 5.10 Å². The molecule has 1 heterocycles. The molecule has 6 heteroatoms. The molecule has 0 aliphatic carbocycles. The molecule has 4 nitrogen and oxygen atoms in total. The van der Waals surface area contributed by atoms with Crippen molar-refractivity contribution in [3.63, 3.8) is 0 Å². The average molecular weight is 217 g/mol. The molecular weight excluding hydrogens is 208 g/mol. The van der Waals surface area contributed by atoms with Crippen LogP contribution in [0.5, 0.6) is 0 Å². The average Bonchev–Trinajstić information content (AvgIpc) is 2.48. The summed E-state index contributed by atoms with van der Waals surface area (Å²) in [6, 6.07) is 2.08. The van der Waals surface area contributed by atoms with E-state index in [0.717, 1.165) is 12.2 Å². The minimum Gasteiger partial charge on any atom is -0.299 e. The molecule has 0 fully saturated rings. The fraction of sp³-hybridized carbons (Fsp3) is 0.571. The Bertz CT molecular complexity index is 306. The zero-order valence-corrected chi connectivity index (χ0v) is 8.77. The topological polar surface area (TPSA) is 52.8 Å². The van der Waals surface area contributed by atoms with Gasteiger partial charge in [0.25, 0.3) is 0 Å². The maximum atomic E-state index is 8.37. The first-order valence-corrected chi connectivity index (χ1v) is 4.91. The van der Waals surface area contributed by atoms with Crippen LogP contribution in [0.4, 0.5) is 0 Å². The Morgan fingerprint density at radius 1 is 1.69 bits per heavy atom. The number of halogens is 1. The lowest BCUT2D eigenvalue weighted by Gasteiger charge is -2.12. The van der Waals surface area contributed by atoms with Crippen LogP contribution in [0.2, 0.25) is 4.34 Å². The van der Waals surface area contributed by atoms with Crippen LogP contribution >= 0.6 is 23.1 Å². The highest BCUT2D eigenvalue weighted by molar-refractivity contribution is 7.10. The summed E-state index contributed by atoms with van der Waals surface area (Å²) in [5, 5.41) is 12.2. The number of aromatic nitrogens is 2. The lowest BCUT2D eigenvalue weighted by Crippen LogP contribution is -2.19. The van der Waals surface area contributed by atoms with Gasteiger partial charge < -0.3 is 0 Å². The lowest BCUT2D eigenvalue weighted by molar-refractivity contribution is 0.330. The normalized spacial score (nSPS) is 10.3. The van der Waals surface area contributed by atoms with Gasteiger partial charge in [0.1, 0.15) is 10.0 Å². The highest BCUT2D eigenvalue weighted by atomic mass is 35.5. The van der Waals surface area contributed by atoms with Crippen LogP contribution in [0.1, 0.15) is 12.1 Å². The minimum atomic E-state index is 0.520. The standard InChI is InChI=1S/C7H9ClN4S/c1-12(4-2-3-9)5-6-7(8)13-11-10-6/h2,4-5H2,1H3. The van der Waals surface area contributed by atoms with Crippen molar-refractivity contribution < 1.29 is 0 Å². The Balaban J connectivity index is 2.41. The second-order valence-electron chi connectivity index (χ2n) is 2.64. The van der Waals surface area contributed by atoms with E-state index < -0.39 is 0 Å². The van der Waals surface area contributed by atoms with Crippen LogP contribution < -0.4 is 0 Å². The quantitative estimate of drug-likeness (QED) is 0.766. The molecule has 0 aliphatic heterocycles. The second-order valence-corrected chi connectivity index (χ2v) is 4.00. The molecular formula is C7H9ClN4S. The zero-order valence-electron chi connectivity index (χ0n) is 7.20.